The molecule has 0 radical (unpaired) electrons. The normalized spacial score (nSPS) is 12.4. The smallest absolute Gasteiger partial charge is 0.332 e. The van der Waals surface area contributed by atoms with E-state index in [1.165, 1.54) is 84.2 Å². The fraction of sp³-hybridized carbons (Fsp3) is 0.950. The molecule has 0 aliphatic rings. The van der Waals surface area contributed by atoms with Crippen LogP contribution in [0.4, 0.5) is 0 Å². The Kier molecular flexibility index (Phi) is 18.2. The summed E-state index contributed by atoms with van der Waals surface area (Å²) in [4.78, 5) is 11.0. The van der Waals surface area contributed by atoms with Gasteiger partial charge in [-0.2, -0.15) is 0 Å². The zero-order valence-electron chi connectivity index (χ0n) is 16.1. The molecule has 0 rings (SSSR count). The molecule has 144 valence electrons. The second kappa shape index (κ2) is 18.7. The van der Waals surface area contributed by atoms with Crippen LogP contribution in [0, 0.1) is 0 Å². The number of unbranched alkanes of at least 4 members (excludes halogenated alkanes) is 13. The van der Waals surface area contributed by atoms with Crippen LogP contribution < -0.4 is 0 Å². The molecule has 0 aromatic carbocycles. The molecule has 4 nitrogen and oxygen atoms in total. The van der Waals surface area contributed by atoms with E-state index >= 15 is 0 Å². The monoisotopic (exact) mass is 344 g/mol. The first-order chi connectivity index (χ1) is 11.7. The summed E-state index contributed by atoms with van der Waals surface area (Å²) in [5.41, 5.74) is 0. The van der Waals surface area contributed by atoms with Gasteiger partial charge in [-0.15, -0.1) is 0 Å². The van der Waals surface area contributed by atoms with Crippen LogP contribution in [0.25, 0.3) is 0 Å². The molecule has 0 saturated carbocycles. The molecule has 1 N–H and O–H groups in total. The summed E-state index contributed by atoms with van der Waals surface area (Å²) in [5.74, 6) is -0.887. The van der Waals surface area contributed by atoms with E-state index in [1.54, 1.807) is 0 Å². The van der Waals surface area contributed by atoms with Gasteiger partial charge in [-0.05, 0) is 6.42 Å². The van der Waals surface area contributed by atoms with E-state index in [2.05, 4.69) is 6.92 Å². The van der Waals surface area contributed by atoms with E-state index in [-0.39, 0.29) is 6.79 Å². The number of hydrogen-bond acceptors (Lipinski definition) is 3. The lowest BCUT2D eigenvalue weighted by Crippen LogP contribution is -2.24. The minimum absolute atomic E-state index is 0.0512. The van der Waals surface area contributed by atoms with Crippen molar-refractivity contribution in [2.75, 3.05) is 13.9 Å². The van der Waals surface area contributed by atoms with Gasteiger partial charge in [-0.25, -0.2) is 4.79 Å². The Labute approximate surface area is 149 Å². The average molecular weight is 345 g/mol. The van der Waals surface area contributed by atoms with Gasteiger partial charge < -0.3 is 14.6 Å². The zero-order valence-corrected chi connectivity index (χ0v) is 16.1. The summed E-state index contributed by atoms with van der Waals surface area (Å²) in [5, 5.41) is 9.02. The number of carbonyl (C=O) groups is 1. The van der Waals surface area contributed by atoms with Crippen LogP contribution in [0.1, 0.15) is 103 Å². The van der Waals surface area contributed by atoms with Crippen molar-refractivity contribution in [1.29, 1.82) is 0 Å². The molecule has 0 amide bonds. The fourth-order valence-electron chi connectivity index (χ4n) is 2.95. The van der Waals surface area contributed by atoms with Crippen molar-refractivity contribution in [3.05, 3.63) is 0 Å². The van der Waals surface area contributed by atoms with Gasteiger partial charge in [0, 0.05) is 7.11 Å². The van der Waals surface area contributed by atoms with E-state index < -0.39 is 12.1 Å². The third-order valence-corrected chi connectivity index (χ3v) is 4.48. The molecule has 0 aliphatic carbocycles. The highest BCUT2D eigenvalue weighted by atomic mass is 16.7. The quantitative estimate of drug-likeness (QED) is 0.233. The summed E-state index contributed by atoms with van der Waals surface area (Å²) in [6.07, 6.45) is 18.1. The predicted octanol–water partition coefficient (Wildman–Crippen LogP) is 5.93. The molecule has 0 saturated heterocycles. The number of methoxy groups -OCH3 is 1. The third kappa shape index (κ3) is 16.3. The molecular formula is C20H40O4. The maximum Gasteiger partial charge on any atom is 0.332 e. The van der Waals surface area contributed by atoms with E-state index in [9.17, 15) is 4.79 Å². The Hall–Kier alpha value is -0.610. The Morgan fingerprint density at radius 2 is 1.21 bits per heavy atom. The number of carboxylic acid groups (broad SMARTS) is 1. The minimum atomic E-state index is -0.887. The first-order valence-corrected chi connectivity index (χ1v) is 10.1. The summed E-state index contributed by atoms with van der Waals surface area (Å²) in [7, 11) is 1.51. The summed E-state index contributed by atoms with van der Waals surface area (Å²) < 4.78 is 9.91. The topological polar surface area (TPSA) is 55.8 Å². The molecule has 0 fully saturated rings. The van der Waals surface area contributed by atoms with Gasteiger partial charge in [0.05, 0.1) is 0 Å². The molecule has 0 aromatic rings. The molecule has 0 spiro atoms. The highest BCUT2D eigenvalue weighted by Crippen LogP contribution is 2.14. The van der Waals surface area contributed by atoms with Crippen molar-refractivity contribution in [1.82, 2.24) is 0 Å². The van der Waals surface area contributed by atoms with Gasteiger partial charge in [0.2, 0.25) is 0 Å². The Morgan fingerprint density at radius 1 is 0.792 bits per heavy atom. The lowest BCUT2D eigenvalue weighted by molar-refractivity contribution is -0.159. The van der Waals surface area contributed by atoms with Gasteiger partial charge in [0.25, 0.3) is 0 Å². The van der Waals surface area contributed by atoms with E-state index in [1.807, 2.05) is 0 Å². The second-order valence-electron chi connectivity index (χ2n) is 6.78. The van der Waals surface area contributed by atoms with E-state index in [4.69, 9.17) is 14.6 Å². The molecule has 0 heterocycles. The van der Waals surface area contributed by atoms with Crippen LogP contribution in [0.15, 0.2) is 0 Å². The first-order valence-electron chi connectivity index (χ1n) is 10.1. The Balaban J connectivity index is 3.25. The van der Waals surface area contributed by atoms with Crippen molar-refractivity contribution < 1.29 is 19.4 Å². The number of rotatable bonds is 19. The highest BCUT2D eigenvalue weighted by Gasteiger charge is 2.16. The number of aliphatic carboxylic acids is 1. The standard InChI is InChI=1S/C20H40O4/c1-3-4-5-6-7-8-9-10-11-12-13-14-15-16-17-19(20(21)22)24-18-23-2/h19H,3-18H2,1-2H3,(H,21,22). The Bertz CT molecular complexity index is 268. The van der Waals surface area contributed by atoms with Crippen LogP contribution in [-0.2, 0) is 14.3 Å². The molecule has 0 bridgehead atoms. The largest absolute Gasteiger partial charge is 0.479 e. The van der Waals surface area contributed by atoms with Gasteiger partial charge in [0.15, 0.2) is 6.10 Å². The van der Waals surface area contributed by atoms with Crippen molar-refractivity contribution in [2.45, 2.75) is 109 Å². The minimum Gasteiger partial charge on any atom is -0.479 e. The molecule has 1 unspecified atom stereocenters. The Morgan fingerprint density at radius 3 is 1.58 bits per heavy atom. The van der Waals surface area contributed by atoms with Crippen molar-refractivity contribution in [3.63, 3.8) is 0 Å². The summed E-state index contributed by atoms with van der Waals surface area (Å²) >= 11 is 0. The SMILES string of the molecule is CCCCCCCCCCCCCCCCC(OCOC)C(=O)O. The van der Waals surface area contributed by atoms with Gasteiger partial charge in [0.1, 0.15) is 6.79 Å². The molecule has 0 aliphatic heterocycles. The van der Waals surface area contributed by atoms with Gasteiger partial charge in [-0.1, -0.05) is 96.8 Å². The lowest BCUT2D eigenvalue weighted by Gasteiger charge is -2.12. The summed E-state index contributed by atoms with van der Waals surface area (Å²) in [6.45, 7) is 2.31. The van der Waals surface area contributed by atoms with Crippen molar-refractivity contribution in [2.24, 2.45) is 0 Å². The van der Waals surface area contributed by atoms with E-state index in [0.717, 1.165) is 12.8 Å². The fourth-order valence-corrected chi connectivity index (χ4v) is 2.95. The average Bonchev–Trinajstić information content (AvgIpc) is 2.57. The van der Waals surface area contributed by atoms with Gasteiger partial charge in [-0.3, -0.25) is 0 Å². The second-order valence-corrected chi connectivity index (χ2v) is 6.78. The number of ether oxygens (including phenoxy) is 2. The molecule has 24 heavy (non-hydrogen) atoms. The van der Waals surface area contributed by atoms with Crippen LogP contribution in [0.5, 0.6) is 0 Å². The van der Waals surface area contributed by atoms with Crippen LogP contribution in [0.2, 0.25) is 0 Å². The van der Waals surface area contributed by atoms with Crippen LogP contribution >= 0.6 is 0 Å². The molecular weight excluding hydrogens is 304 g/mol. The maximum absolute atomic E-state index is 11.0. The first kappa shape index (κ1) is 23.4. The third-order valence-electron chi connectivity index (χ3n) is 4.48. The predicted molar refractivity (Wildman–Crippen MR) is 99.3 cm³/mol. The van der Waals surface area contributed by atoms with Crippen molar-refractivity contribution in [3.8, 4) is 0 Å². The number of carboxylic acids is 1. The highest BCUT2D eigenvalue weighted by molar-refractivity contribution is 5.72. The maximum atomic E-state index is 11.0. The van der Waals surface area contributed by atoms with Crippen LogP contribution in [-0.4, -0.2) is 31.1 Å². The van der Waals surface area contributed by atoms with E-state index in [0.29, 0.717) is 6.42 Å². The van der Waals surface area contributed by atoms with Gasteiger partial charge >= 0.3 is 5.97 Å². The summed E-state index contributed by atoms with van der Waals surface area (Å²) in [6, 6.07) is 0. The number of hydrogen-bond donors (Lipinski definition) is 1. The zero-order chi connectivity index (χ0) is 17.9. The molecule has 1 atom stereocenters. The molecule has 4 heteroatoms. The van der Waals surface area contributed by atoms with Crippen LogP contribution in [0.3, 0.4) is 0 Å². The van der Waals surface area contributed by atoms with Crippen molar-refractivity contribution >= 4 is 5.97 Å². The lowest BCUT2D eigenvalue weighted by atomic mass is 10.0. The molecule has 0 aromatic heterocycles.